The maximum Gasteiger partial charge on any atom is 0.142 e. The van der Waals surface area contributed by atoms with Crippen molar-refractivity contribution in [1.82, 2.24) is 15.3 Å². The zero-order valence-electron chi connectivity index (χ0n) is 13.8. The summed E-state index contributed by atoms with van der Waals surface area (Å²) in [6.07, 6.45) is 4.54. The largest absolute Gasteiger partial charge is 0.495 e. The molecule has 126 valence electrons. The van der Waals surface area contributed by atoms with Gasteiger partial charge in [-0.25, -0.2) is 9.97 Å². The van der Waals surface area contributed by atoms with Gasteiger partial charge in [0.2, 0.25) is 0 Å². The standard InChI is InChI=1S/C18H17N5OS/c1-24-14-5-11-7-20-6-10(11)4-13(14)23-17-16-12-2-3-19-8-15(12)25-18(16)22-9-21-17/h4-6,9,19H,2-3,7-8H2,1H3,(H,21,22,23). The Bertz CT molecular complexity index is 1010. The second-order valence-electron chi connectivity index (χ2n) is 6.18. The molecule has 5 rings (SSSR count). The molecular formula is C18H17N5OS. The third-order valence-corrected chi connectivity index (χ3v) is 5.85. The van der Waals surface area contributed by atoms with Crippen molar-refractivity contribution in [3.63, 3.8) is 0 Å². The molecule has 2 aromatic heterocycles. The first kappa shape index (κ1) is 14.8. The van der Waals surface area contributed by atoms with Crippen molar-refractivity contribution in [3.05, 3.63) is 40.0 Å². The summed E-state index contributed by atoms with van der Waals surface area (Å²) in [5.74, 6) is 1.65. The highest BCUT2D eigenvalue weighted by Gasteiger charge is 2.21. The first-order chi connectivity index (χ1) is 12.3. The van der Waals surface area contributed by atoms with Gasteiger partial charge < -0.3 is 15.4 Å². The number of hydrogen-bond donors (Lipinski definition) is 2. The van der Waals surface area contributed by atoms with Gasteiger partial charge in [-0.3, -0.25) is 4.99 Å². The number of ether oxygens (including phenoxy) is 1. The average Bonchev–Trinajstić information content (AvgIpc) is 3.24. The summed E-state index contributed by atoms with van der Waals surface area (Å²) >= 11 is 1.75. The van der Waals surface area contributed by atoms with E-state index in [0.29, 0.717) is 0 Å². The zero-order chi connectivity index (χ0) is 16.8. The molecule has 0 bridgehead atoms. The maximum atomic E-state index is 5.58. The average molecular weight is 351 g/mol. The molecule has 0 amide bonds. The van der Waals surface area contributed by atoms with E-state index in [1.807, 2.05) is 6.21 Å². The van der Waals surface area contributed by atoms with Crippen LogP contribution in [0.2, 0.25) is 0 Å². The van der Waals surface area contributed by atoms with Gasteiger partial charge in [0.25, 0.3) is 0 Å². The van der Waals surface area contributed by atoms with E-state index >= 15 is 0 Å². The highest BCUT2D eigenvalue weighted by molar-refractivity contribution is 7.19. The van der Waals surface area contributed by atoms with Crippen molar-refractivity contribution in [2.75, 3.05) is 19.0 Å². The van der Waals surface area contributed by atoms with E-state index < -0.39 is 0 Å². The van der Waals surface area contributed by atoms with Crippen LogP contribution in [-0.4, -0.2) is 29.8 Å². The Labute approximate surface area is 149 Å². The summed E-state index contributed by atoms with van der Waals surface area (Å²) in [4.78, 5) is 15.7. The molecule has 3 aromatic rings. The Morgan fingerprint density at radius 2 is 2.24 bits per heavy atom. The molecule has 6 nitrogen and oxygen atoms in total. The van der Waals surface area contributed by atoms with Crippen LogP contribution in [0.15, 0.2) is 23.5 Å². The van der Waals surface area contributed by atoms with Gasteiger partial charge in [-0.2, -0.15) is 0 Å². The normalized spacial score (nSPS) is 15.2. The third-order valence-electron chi connectivity index (χ3n) is 4.71. The number of fused-ring (bicyclic) bond motifs is 4. The summed E-state index contributed by atoms with van der Waals surface area (Å²) < 4.78 is 5.58. The molecule has 25 heavy (non-hydrogen) atoms. The molecule has 4 heterocycles. The van der Waals surface area contributed by atoms with Gasteiger partial charge in [-0.05, 0) is 41.8 Å². The molecule has 2 aliphatic rings. The highest BCUT2D eigenvalue weighted by atomic mass is 32.1. The van der Waals surface area contributed by atoms with E-state index in [2.05, 4.69) is 37.7 Å². The minimum absolute atomic E-state index is 0.717. The number of anilines is 2. The van der Waals surface area contributed by atoms with Gasteiger partial charge in [0.05, 0.1) is 24.7 Å². The minimum atomic E-state index is 0.717. The van der Waals surface area contributed by atoms with E-state index in [1.54, 1.807) is 24.8 Å². The number of nitrogens with one attached hydrogen (secondary N) is 2. The summed E-state index contributed by atoms with van der Waals surface area (Å²) in [6.45, 7) is 2.62. The summed E-state index contributed by atoms with van der Waals surface area (Å²) in [5, 5.41) is 8.04. The molecule has 0 spiro atoms. The number of nitrogens with zero attached hydrogens (tertiary/aromatic N) is 3. The lowest BCUT2D eigenvalue weighted by atomic mass is 10.1. The lowest BCUT2D eigenvalue weighted by Crippen LogP contribution is -2.22. The first-order valence-corrected chi connectivity index (χ1v) is 9.09. The summed E-state index contributed by atoms with van der Waals surface area (Å²) in [6, 6.07) is 4.13. The van der Waals surface area contributed by atoms with E-state index in [1.165, 1.54) is 16.0 Å². The van der Waals surface area contributed by atoms with Crippen LogP contribution < -0.4 is 15.4 Å². The van der Waals surface area contributed by atoms with Crippen LogP contribution >= 0.6 is 11.3 Å². The molecular weight excluding hydrogens is 334 g/mol. The van der Waals surface area contributed by atoms with Gasteiger partial charge in [-0.1, -0.05) is 0 Å². The summed E-state index contributed by atoms with van der Waals surface area (Å²) in [5.41, 5.74) is 4.59. The smallest absolute Gasteiger partial charge is 0.142 e. The van der Waals surface area contributed by atoms with Gasteiger partial charge in [0, 0.05) is 17.6 Å². The number of benzene rings is 1. The van der Waals surface area contributed by atoms with Gasteiger partial charge in [0.1, 0.15) is 22.7 Å². The molecule has 0 aliphatic carbocycles. The number of aromatic nitrogens is 2. The molecule has 0 saturated carbocycles. The number of methoxy groups -OCH3 is 1. The van der Waals surface area contributed by atoms with Crippen molar-refractivity contribution >= 4 is 39.3 Å². The number of aliphatic imine (C=N–C) groups is 1. The topological polar surface area (TPSA) is 71.4 Å². The van der Waals surface area contributed by atoms with Gasteiger partial charge >= 0.3 is 0 Å². The molecule has 0 radical (unpaired) electrons. The Kier molecular flexibility index (Phi) is 3.43. The van der Waals surface area contributed by atoms with Crippen molar-refractivity contribution in [2.45, 2.75) is 19.5 Å². The van der Waals surface area contributed by atoms with Crippen LogP contribution in [0.1, 0.15) is 21.6 Å². The minimum Gasteiger partial charge on any atom is -0.495 e. The second kappa shape index (κ2) is 5.79. The fraction of sp³-hybridized carbons (Fsp3) is 0.278. The Balaban J connectivity index is 1.63. The number of thiophene rings is 1. The van der Waals surface area contributed by atoms with Crippen LogP contribution in [0, 0.1) is 0 Å². The molecule has 2 N–H and O–H groups in total. The lowest BCUT2D eigenvalue weighted by molar-refractivity contribution is 0.416. The predicted octanol–water partition coefficient (Wildman–Crippen LogP) is 3.02. The molecule has 0 atom stereocenters. The monoisotopic (exact) mass is 351 g/mol. The second-order valence-corrected chi connectivity index (χ2v) is 7.26. The maximum absolute atomic E-state index is 5.58. The fourth-order valence-electron chi connectivity index (χ4n) is 3.49. The van der Waals surface area contributed by atoms with Crippen LogP contribution in [0.5, 0.6) is 5.75 Å². The molecule has 0 fully saturated rings. The number of rotatable bonds is 3. The Morgan fingerprint density at radius 3 is 3.16 bits per heavy atom. The lowest BCUT2D eigenvalue weighted by Gasteiger charge is -2.15. The van der Waals surface area contributed by atoms with Crippen LogP contribution in [0.3, 0.4) is 0 Å². The van der Waals surface area contributed by atoms with Crippen LogP contribution in [0.25, 0.3) is 10.2 Å². The van der Waals surface area contributed by atoms with Crippen LogP contribution in [-0.2, 0) is 19.5 Å². The van der Waals surface area contributed by atoms with Gasteiger partial charge in [-0.15, -0.1) is 11.3 Å². The SMILES string of the molecule is COc1cc2c(cc1Nc1ncnc3sc4c(c13)CCNC4)C=NC2. The van der Waals surface area contributed by atoms with E-state index in [0.717, 1.165) is 59.1 Å². The van der Waals surface area contributed by atoms with E-state index in [-0.39, 0.29) is 0 Å². The Hall–Kier alpha value is -2.51. The highest BCUT2D eigenvalue weighted by Crippen LogP contribution is 2.38. The quantitative estimate of drug-likeness (QED) is 0.759. The van der Waals surface area contributed by atoms with Gasteiger partial charge in [0.15, 0.2) is 0 Å². The van der Waals surface area contributed by atoms with Crippen molar-refractivity contribution in [1.29, 1.82) is 0 Å². The molecule has 2 aliphatic heterocycles. The van der Waals surface area contributed by atoms with E-state index in [4.69, 9.17) is 4.74 Å². The molecule has 7 heteroatoms. The molecule has 0 saturated heterocycles. The third kappa shape index (κ3) is 2.39. The molecule has 1 aromatic carbocycles. The fourth-order valence-corrected chi connectivity index (χ4v) is 4.64. The van der Waals surface area contributed by atoms with Crippen molar-refractivity contribution < 1.29 is 4.74 Å². The Morgan fingerprint density at radius 1 is 1.28 bits per heavy atom. The summed E-state index contributed by atoms with van der Waals surface area (Å²) in [7, 11) is 1.69. The van der Waals surface area contributed by atoms with Crippen LogP contribution in [0.4, 0.5) is 11.5 Å². The predicted molar refractivity (Wildman–Crippen MR) is 100 cm³/mol. The van der Waals surface area contributed by atoms with E-state index in [9.17, 15) is 0 Å². The first-order valence-electron chi connectivity index (χ1n) is 8.27. The zero-order valence-corrected chi connectivity index (χ0v) is 14.6. The molecule has 0 unspecified atom stereocenters. The van der Waals surface area contributed by atoms with Crippen molar-refractivity contribution in [3.8, 4) is 5.75 Å². The number of hydrogen-bond acceptors (Lipinski definition) is 7. The van der Waals surface area contributed by atoms with Crippen molar-refractivity contribution in [2.24, 2.45) is 4.99 Å².